The minimum atomic E-state index is -1.39. The van der Waals surface area contributed by atoms with Gasteiger partial charge in [0, 0.05) is 36.0 Å². The lowest BCUT2D eigenvalue weighted by Crippen LogP contribution is -2.66. The van der Waals surface area contributed by atoms with E-state index in [0.29, 0.717) is 18.5 Å². The van der Waals surface area contributed by atoms with E-state index in [1.54, 1.807) is 14.0 Å². The van der Waals surface area contributed by atoms with E-state index in [1.807, 2.05) is 12.1 Å². The first-order valence-electron chi connectivity index (χ1n) is 9.80. The second-order valence-electron chi connectivity index (χ2n) is 8.48. The van der Waals surface area contributed by atoms with Crippen molar-refractivity contribution in [2.24, 2.45) is 5.92 Å². The van der Waals surface area contributed by atoms with Gasteiger partial charge in [-0.2, -0.15) is 0 Å². The highest BCUT2D eigenvalue weighted by Gasteiger charge is 2.66. The molecule has 2 fully saturated rings. The Kier molecular flexibility index (Phi) is 3.67. The zero-order valence-corrected chi connectivity index (χ0v) is 16.4. The van der Waals surface area contributed by atoms with E-state index in [1.165, 1.54) is 7.11 Å². The van der Waals surface area contributed by atoms with E-state index in [2.05, 4.69) is 16.3 Å². The van der Waals surface area contributed by atoms with Crippen molar-refractivity contribution in [3.8, 4) is 5.75 Å². The summed E-state index contributed by atoms with van der Waals surface area (Å²) < 4.78 is 10.5. The molecule has 0 amide bonds. The monoisotopic (exact) mass is 386 g/mol. The Morgan fingerprint density at radius 2 is 2.18 bits per heavy atom. The predicted molar refractivity (Wildman–Crippen MR) is 102 cm³/mol. The molecule has 3 aliphatic heterocycles. The fourth-order valence-electron chi connectivity index (χ4n) is 6.11. The maximum Gasteiger partial charge on any atom is 0.335 e. The Labute approximate surface area is 163 Å². The van der Waals surface area contributed by atoms with Crippen LogP contribution in [0.4, 0.5) is 5.69 Å². The molecule has 4 aliphatic rings. The zero-order valence-electron chi connectivity index (χ0n) is 16.4. The van der Waals surface area contributed by atoms with Gasteiger partial charge in [0.2, 0.25) is 0 Å². The smallest absolute Gasteiger partial charge is 0.335 e. The van der Waals surface area contributed by atoms with Crippen LogP contribution in [0.5, 0.6) is 5.75 Å². The van der Waals surface area contributed by atoms with E-state index in [4.69, 9.17) is 9.47 Å². The van der Waals surface area contributed by atoms with Crippen molar-refractivity contribution in [1.29, 1.82) is 0 Å². The van der Waals surface area contributed by atoms with Gasteiger partial charge < -0.3 is 25.0 Å². The summed E-state index contributed by atoms with van der Waals surface area (Å²) in [6.45, 7) is 2.75. The molecule has 2 saturated heterocycles. The van der Waals surface area contributed by atoms with E-state index in [9.17, 15) is 15.0 Å². The van der Waals surface area contributed by atoms with Gasteiger partial charge in [-0.05, 0) is 37.9 Å². The van der Waals surface area contributed by atoms with Gasteiger partial charge in [0.15, 0.2) is 0 Å². The van der Waals surface area contributed by atoms with Gasteiger partial charge in [-0.1, -0.05) is 6.07 Å². The predicted octanol–water partition coefficient (Wildman–Crippen LogP) is 1.01. The summed E-state index contributed by atoms with van der Waals surface area (Å²) in [5.74, 6) is -0.171. The van der Waals surface area contributed by atoms with Crippen molar-refractivity contribution in [3.05, 3.63) is 35.0 Å². The molecule has 0 saturated carbocycles. The number of hydrogen-bond donors (Lipinski definition) is 3. The van der Waals surface area contributed by atoms with E-state index in [0.717, 1.165) is 35.7 Å². The molecule has 1 spiro atoms. The molecule has 150 valence electrons. The van der Waals surface area contributed by atoms with Crippen LogP contribution in [0, 0.1) is 5.92 Å². The van der Waals surface area contributed by atoms with E-state index >= 15 is 0 Å². The van der Waals surface area contributed by atoms with Crippen molar-refractivity contribution in [3.63, 3.8) is 0 Å². The lowest BCUT2D eigenvalue weighted by atomic mass is 9.58. The average Bonchev–Trinajstić information content (AvgIpc) is 3.23. The highest BCUT2D eigenvalue weighted by Crippen LogP contribution is 2.62. The molecule has 3 N–H and O–H groups in total. The van der Waals surface area contributed by atoms with E-state index in [-0.39, 0.29) is 11.5 Å². The van der Waals surface area contributed by atoms with Crippen molar-refractivity contribution < 1.29 is 24.5 Å². The minimum absolute atomic E-state index is 0.169. The Balaban J connectivity index is 1.78. The Morgan fingerprint density at radius 1 is 1.39 bits per heavy atom. The number of aliphatic hydroxyl groups is 2. The molecule has 7 nitrogen and oxygen atoms in total. The number of anilines is 1. The maximum absolute atomic E-state index is 12.9. The summed E-state index contributed by atoms with van der Waals surface area (Å²) in [7, 11) is 3.00. The van der Waals surface area contributed by atoms with Gasteiger partial charge in [0.1, 0.15) is 11.4 Å². The first kappa shape index (κ1) is 18.0. The van der Waals surface area contributed by atoms with Crippen molar-refractivity contribution in [1.82, 2.24) is 4.90 Å². The molecular formula is C21H26N2O5. The van der Waals surface area contributed by atoms with Gasteiger partial charge >= 0.3 is 5.97 Å². The number of hydrogen-bond acceptors (Lipinski definition) is 7. The molecule has 3 heterocycles. The lowest BCUT2D eigenvalue weighted by molar-refractivity contribution is -0.157. The number of methoxy groups -OCH3 is 2. The Morgan fingerprint density at radius 3 is 2.86 bits per heavy atom. The number of piperidine rings is 1. The van der Waals surface area contributed by atoms with Crippen LogP contribution in [-0.4, -0.2) is 66.1 Å². The molecule has 5 unspecified atom stereocenters. The van der Waals surface area contributed by atoms with Crippen LogP contribution < -0.4 is 10.1 Å². The molecule has 1 aromatic carbocycles. The van der Waals surface area contributed by atoms with Crippen LogP contribution in [0.1, 0.15) is 25.3 Å². The quantitative estimate of drug-likeness (QED) is 0.668. The lowest BCUT2D eigenvalue weighted by Gasteiger charge is -2.54. The number of esters is 1. The molecule has 0 radical (unpaired) electrons. The molecule has 1 aromatic rings. The number of rotatable bonds is 3. The fraction of sp³-hybridized carbons (Fsp3) is 0.571. The molecule has 7 heteroatoms. The summed E-state index contributed by atoms with van der Waals surface area (Å²) >= 11 is 0. The third kappa shape index (κ3) is 1.97. The van der Waals surface area contributed by atoms with Crippen LogP contribution >= 0.6 is 0 Å². The summed E-state index contributed by atoms with van der Waals surface area (Å²) in [5.41, 5.74) is 1.69. The maximum atomic E-state index is 12.9. The number of aliphatic hydroxyl groups excluding tert-OH is 1. The highest BCUT2D eigenvalue weighted by molar-refractivity contribution is 5.94. The third-order valence-corrected chi connectivity index (χ3v) is 7.48. The highest BCUT2D eigenvalue weighted by atomic mass is 16.5. The van der Waals surface area contributed by atoms with Crippen LogP contribution in [0.15, 0.2) is 29.5 Å². The van der Waals surface area contributed by atoms with Crippen LogP contribution in [-0.2, 0) is 14.9 Å². The van der Waals surface area contributed by atoms with Crippen LogP contribution in [0.25, 0.3) is 0 Å². The number of carbonyl (C=O) groups is 1. The molecule has 5 rings (SSSR count). The topological polar surface area (TPSA) is 91.3 Å². The number of ether oxygens (including phenoxy) is 2. The van der Waals surface area contributed by atoms with Crippen molar-refractivity contribution in [2.45, 2.75) is 42.9 Å². The Bertz CT molecular complexity index is 897. The molecule has 2 bridgehead atoms. The molecule has 28 heavy (non-hydrogen) atoms. The third-order valence-electron chi connectivity index (χ3n) is 7.48. The number of fused-ring (bicyclic) bond motifs is 2. The number of nitrogens with one attached hydrogen (secondary N) is 1. The molecule has 1 aliphatic carbocycles. The summed E-state index contributed by atoms with van der Waals surface area (Å²) in [6, 6.07) is 6.17. The second-order valence-corrected chi connectivity index (χ2v) is 8.48. The van der Waals surface area contributed by atoms with Gasteiger partial charge in [0.05, 0.1) is 31.3 Å². The first-order valence-corrected chi connectivity index (χ1v) is 9.80. The summed E-state index contributed by atoms with van der Waals surface area (Å²) in [4.78, 5) is 15.2. The Hall–Kier alpha value is -2.09. The number of carbonyl (C=O) groups excluding carboxylic acids is 1. The minimum Gasteiger partial charge on any atom is -0.497 e. The fourth-order valence-corrected chi connectivity index (χ4v) is 6.11. The SMILES string of the molecule is COC(=O)C1=C2Nc3cc(OC)ccc3C23CCN2CC(O)(C(C)O)C1CC23. The van der Waals surface area contributed by atoms with Gasteiger partial charge in [-0.3, -0.25) is 4.90 Å². The molecule has 0 aromatic heterocycles. The van der Waals surface area contributed by atoms with E-state index < -0.39 is 23.6 Å². The van der Waals surface area contributed by atoms with Crippen molar-refractivity contribution in [2.75, 3.05) is 32.6 Å². The summed E-state index contributed by atoms with van der Waals surface area (Å²) in [6.07, 6.45) is 0.501. The van der Waals surface area contributed by atoms with Crippen LogP contribution in [0.2, 0.25) is 0 Å². The first-order chi connectivity index (χ1) is 13.4. The standard InChI is InChI=1S/C21H26N2O5/c1-11(24)21(26)10-23-7-6-20-13-5-4-12(27-2)8-15(13)22-18(20)17(19(25)28-3)14(21)9-16(20)23/h4-5,8,11,14,16,22,24,26H,6-7,9-10H2,1-3H3. The number of nitrogens with zero attached hydrogens (tertiary/aromatic N) is 1. The van der Waals surface area contributed by atoms with Gasteiger partial charge in [0.25, 0.3) is 0 Å². The second kappa shape index (κ2) is 5.72. The molecular weight excluding hydrogens is 360 g/mol. The van der Waals surface area contributed by atoms with Crippen LogP contribution in [0.3, 0.4) is 0 Å². The number of benzene rings is 1. The average molecular weight is 386 g/mol. The van der Waals surface area contributed by atoms with Crippen molar-refractivity contribution >= 4 is 11.7 Å². The normalized spacial score (nSPS) is 36.5. The molecule has 5 atom stereocenters. The summed E-state index contributed by atoms with van der Waals surface area (Å²) in [5, 5.41) is 25.3. The van der Waals surface area contributed by atoms with Gasteiger partial charge in [-0.25, -0.2) is 4.79 Å². The van der Waals surface area contributed by atoms with Gasteiger partial charge in [-0.15, -0.1) is 0 Å². The zero-order chi connectivity index (χ0) is 19.8. The largest absolute Gasteiger partial charge is 0.497 e.